The molecule has 0 aromatic carbocycles. The summed E-state index contributed by atoms with van der Waals surface area (Å²) in [5.41, 5.74) is 0. The molecule has 0 aliphatic rings. The van der Waals surface area contributed by atoms with Crippen molar-refractivity contribution in [1.82, 2.24) is 9.29 Å². The van der Waals surface area contributed by atoms with E-state index in [0.29, 0.717) is 18.2 Å². The number of carbonyl (C=O) groups excluding carboxylic acids is 1. The van der Waals surface area contributed by atoms with Gasteiger partial charge in [0.05, 0.1) is 6.20 Å². The summed E-state index contributed by atoms with van der Waals surface area (Å²) in [6.07, 6.45) is 1.27. The van der Waals surface area contributed by atoms with Crippen LogP contribution in [0.4, 0.5) is 5.13 Å². The molecule has 8 heteroatoms. The molecule has 0 saturated carbocycles. The summed E-state index contributed by atoms with van der Waals surface area (Å²) in [6.45, 7) is 5.71. The minimum atomic E-state index is -3.48. The van der Waals surface area contributed by atoms with Gasteiger partial charge in [0.25, 0.3) is 10.0 Å². The molecular formula is C9H15N3O3S2. The van der Waals surface area contributed by atoms with Crippen LogP contribution in [0.2, 0.25) is 0 Å². The Kier molecular flexibility index (Phi) is 4.61. The van der Waals surface area contributed by atoms with Gasteiger partial charge in [-0.3, -0.25) is 4.79 Å². The topological polar surface area (TPSA) is 79.4 Å². The predicted molar refractivity (Wildman–Crippen MR) is 66.5 cm³/mol. The second kappa shape index (κ2) is 5.56. The summed E-state index contributed by atoms with van der Waals surface area (Å²) in [6, 6.07) is 0. The molecule has 0 radical (unpaired) electrons. The summed E-state index contributed by atoms with van der Waals surface area (Å²) in [4.78, 5) is 14.7. The van der Waals surface area contributed by atoms with Crippen LogP contribution in [-0.2, 0) is 14.8 Å². The van der Waals surface area contributed by atoms with Crippen LogP contribution in [0.1, 0.15) is 20.8 Å². The van der Waals surface area contributed by atoms with E-state index in [4.69, 9.17) is 0 Å². The fourth-order valence-electron chi connectivity index (χ4n) is 1.28. The van der Waals surface area contributed by atoms with Gasteiger partial charge in [-0.1, -0.05) is 25.2 Å². The molecule has 0 atom stereocenters. The second-order valence-corrected chi connectivity index (χ2v) is 6.45. The fourth-order valence-corrected chi connectivity index (χ4v) is 3.97. The Balaban J connectivity index is 3.00. The summed E-state index contributed by atoms with van der Waals surface area (Å²) < 4.78 is 25.6. The fraction of sp³-hybridized carbons (Fsp3) is 0.556. The van der Waals surface area contributed by atoms with Crippen molar-refractivity contribution >= 4 is 32.4 Å². The number of aromatic nitrogens is 1. The Morgan fingerprint density at radius 2 is 2.06 bits per heavy atom. The largest absolute Gasteiger partial charge is 0.302 e. The molecule has 0 aliphatic carbocycles. The van der Waals surface area contributed by atoms with Crippen LogP contribution in [0.15, 0.2) is 10.4 Å². The lowest BCUT2D eigenvalue weighted by Gasteiger charge is -2.16. The Morgan fingerprint density at radius 3 is 2.53 bits per heavy atom. The summed E-state index contributed by atoms with van der Waals surface area (Å²) >= 11 is 0.955. The minimum Gasteiger partial charge on any atom is -0.302 e. The van der Waals surface area contributed by atoms with Gasteiger partial charge < -0.3 is 5.32 Å². The SMILES string of the molecule is CCN(CC)S(=O)(=O)c1cnc(NC(C)=O)s1. The molecule has 17 heavy (non-hydrogen) atoms. The Bertz CT molecular complexity index is 491. The van der Waals surface area contributed by atoms with Gasteiger partial charge in [0, 0.05) is 20.0 Å². The monoisotopic (exact) mass is 277 g/mol. The first-order valence-corrected chi connectivity index (χ1v) is 7.41. The van der Waals surface area contributed by atoms with Crippen molar-refractivity contribution in [2.45, 2.75) is 25.0 Å². The number of carbonyl (C=O) groups is 1. The van der Waals surface area contributed by atoms with Gasteiger partial charge in [-0.2, -0.15) is 4.31 Å². The van der Waals surface area contributed by atoms with E-state index in [2.05, 4.69) is 10.3 Å². The van der Waals surface area contributed by atoms with Gasteiger partial charge in [-0.25, -0.2) is 13.4 Å². The molecular weight excluding hydrogens is 262 g/mol. The van der Waals surface area contributed by atoms with Crippen LogP contribution < -0.4 is 5.32 Å². The van der Waals surface area contributed by atoms with Crippen LogP contribution in [0, 0.1) is 0 Å². The summed E-state index contributed by atoms with van der Waals surface area (Å²) in [5.74, 6) is -0.272. The van der Waals surface area contributed by atoms with Crippen LogP contribution >= 0.6 is 11.3 Å². The molecule has 1 amide bonds. The number of rotatable bonds is 5. The van der Waals surface area contributed by atoms with Crippen molar-refractivity contribution < 1.29 is 13.2 Å². The van der Waals surface area contributed by atoms with Gasteiger partial charge in [-0.15, -0.1) is 0 Å². The van der Waals surface area contributed by atoms with Crippen LogP contribution in [-0.4, -0.2) is 36.7 Å². The van der Waals surface area contributed by atoms with Gasteiger partial charge in [-0.05, 0) is 0 Å². The van der Waals surface area contributed by atoms with Crippen LogP contribution in [0.3, 0.4) is 0 Å². The third-order valence-electron chi connectivity index (χ3n) is 2.07. The van der Waals surface area contributed by atoms with E-state index in [1.807, 2.05) is 0 Å². The van der Waals surface area contributed by atoms with E-state index in [1.165, 1.54) is 17.4 Å². The normalized spacial score (nSPS) is 11.8. The molecule has 1 N–H and O–H groups in total. The van der Waals surface area contributed by atoms with Crippen molar-refractivity contribution in [3.05, 3.63) is 6.20 Å². The molecule has 1 aromatic rings. The highest BCUT2D eigenvalue weighted by Gasteiger charge is 2.24. The Morgan fingerprint density at radius 1 is 1.47 bits per heavy atom. The molecule has 6 nitrogen and oxygen atoms in total. The first kappa shape index (κ1) is 14.1. The zero-order chi connectivity index (χ0) is 13.1. The number of amides is 1. The highest BCUT2D eigenvalue weighted by atomic mass is 32.2. The molecule has 1 heterocycles. The quantitative estimate of drug-likeness (QED) is 0.875. The zero-order valence-corrected chi connectivity index (χ0v) is 11.6. The number of hydrogen-bond donors (Lipinski definition) is 1. The maximum absolute atomic E-state index is 12.1. The number of nitrogens with one attached hydrogen (secondary N) is 1. The molecule has 0 bridgehead atoms. The van der Waals surface area contributed by atoms with Crippen LogP contribution in [0.25, 0.3) is 0 Å². The standard InChI is InChI=1S/C9H15N3O3S2/c1-4-12(5-2)17(14,15)8-6-10-9(16-8)11-7(3)13/h6H,4-5H2,1-3H3,(H,10,11,13). The predicted octanol–water partition coefficient (Wildman–Crippen LogP) is 1.13. The van der Waals surface area contributed by atoms with Crippen LogP contribution in [0.5, 0.6) is 0 Å². The van der Waals surface area contributed by atoms with Gasteiger partial charge >= 0.3 is 0 Å². The number of nitrogens with zero attached hydrogens (tertiary/aromatic N) is 2. The molecule has 1 rings (SSSR count). The second-order valence-electron chi connectivity index (χ2n) is 3.25. The number of sulfonamides is 1. The zero-order valence-electron chi connectivity index (χ0n) is 9.93. The summed E-state index contributed by atoms with van der Waals surface area (Å²) in [5, 5.41) is 2.75. The maximum Gasteiger partial charge on any atom is 0.254 e. The van der Waals surface area contributed by atoms with E-state index in [9.17, 15) is 13.2 Å². The average molecular weight is 277 g/mol. The lowest BCUT2D eigenvalue weighted by atomic mass is 10.7. The molecule has 0 unspecified atom stereocenters. The minimum absolute atomic E-state index is 0.143. The molecule has 1 aromatic heterocycles. The van der Waals surface area contributed by atoms with Crippen molar-refractivity contribution in [2.24, 2.45) is 0 Å². The first-order valence-electron chi connectivity index (χ1n) is 5.15. The van der Waals surface area contributed by atoms with E-state index in [0.717, 1.165) is 11.3 Å². The Labute approximate surface area is 105 Å². The third-order valence-corrected chi connectivity index (χ3v) is 5.47. The molecule has 0 fully saturated rings. The number of thiazole rings is 1. The van der Waals surface area contributed by atoms with Crippen molar-refractivity contribution in [3.8, 4) is 0 Å². The Hall–Kier alpha value is -0.990. The van der Waals surface area contributed by atoms with Crippen molar-refractivity contribution in [2.75, 3.05) is 18.4 Å². The van der Waals surface area contributed by atoms with Crippen molar-refractivity contribution in [3.63, 3.8) is 0 Å². The first-order chi connectivity index (χ1) is 7.91. The highest BCUT2D eigenvalue weighted by Crippen LogP contribution is 2.25. The van der Waals surface area contributed by atoms with Gasteiger partial charge in [0.2, 0.25) is 5.91 Å². The molecule has 0 saturated heterocycles. The molecule has 0 aliphatic heterocycles. The number of anilines is 1. The molecule has 96 valence electrons. The van der Waals surface area contributed by atoms with E-state index < -0.39 is 10.0 Å². The average Bonchev–Trinajstić information content (AvgIpc) is 2.67. The van der Waals surface area contributed by atoms with E-state index >= 15 is 0 Å². The molecule has 0 spiro atoms. The van der Waals surface area contributed by atoms with E-state index in [1.54, 1.807) is 13.8 Å². The summed E-state index contributed by atoms with van der Waals surface area (Å²) in [7, 11) is -3.48. The lowest BCUT2D eigenvalue weighted by molar-refractivity contribution is -0.114. The van der Waals surface area contributed by atoms with Crippen molar-refractivity contribution in [1.29, 1.82) is 0 Å². The lowest BCUT2D eigenvalue weighted by Crippen LogP contribution is -2.29. The maximum atomic E-state index is 12.1. The van der Waals surface area contributed by atoms with Gasteiger partial charge in [0.1, 0.15) is 0 Å². The number of hydrogen-bond acceptors (Lipinski definition) is 5. The highest BCUT2D eigenvalue weighted by molar-refractivity contribution is 7.91. The third kappa shape index (κ3) is 3.24. The smallest absolute Gasteiger partial charge is 0.254 e. The van der Waals surface area contributed by atoms with Gasteiger partial charge in [0.15, 0.2) is 9.34 Å². The van der Waals surface area contributed by atoms with E-state index in [-0.39, 0.29) is 10.1 Å².